The van der Waals surface area contributed by atoms with E-state index >= 15 is 0 Å². The van der Waals surface area contributed by atoms with Crippen molar-refractivity contribution >= 4 is 29.3 Å². The van der Waals surface area contributed by atoms with E-state index in [2.05, 4.69) is 0 Å². The van der Waals surface area contributed by atoms with E-state index in [1.807, 2.05) is 0 Å². The number of hydrogen-bond acceptors (Lipinski definition) is 6. The molecule has 3 aromatic rings. The Hall–Kier alpha value is -4.33. The number of aromatic carboxylic acids is 2. The first-order chi connectivity index (χ1) is 13.8. The van der Waals surface area contributed by atoms with Gasteiger partial charge in [-0.2, -0.15) is 0 Å². The molecule has 0 heterocycles. The van der Waals surface area contributed by atoms with Gasteiger partial charge in [0.15, 0.2) is 0 Å². The van der Waals surface area contributed by atoms with E-state index in [1.54, 1.807) is 36.4 Å². The Morgan fingerprint density at radius 2 is 1.17 bits per heavy atom. The number of para-hydroxylation sites is 1. The number of benzene rings is 3. The minimum absolute atomic E-state index is 0.124. The Morgan fingerprint density at radius 3 is 1.66 bits per heavy atom. The van der Waals surface area contributed by atoms with Crippen LogP contribution in [0.4, 0.5) is 11.4 Å². The first-order valence-corrected chi connectivity index (χ1v) is 8.27. The van der Waals surface area contributed by atoms with Gasteiger partial charge in [0.25, 0.3) is 0 Å². The normalized spacial score (nSPS) is 9.66. The molecular formula is C21H18N2O6. The molecule has 0 aliphatic heterocycles. The highest BCUT2D eigenvalue weighted by Crippen LogP contribution is 2.17. The molecule has 0 aromatic heterocycles. The smallest absolute Gasteiger partial charge is 0.345 e. The van der Waals surface area contributed by atoms with Crippen molar-refractivity contribution < 1.29 is 29.3 Å². The van der Waals surface area contributed by atoms with Gasteiger partial charge in [-0.15, -0.1) is 0 Å². The van der Waals surface area contributed by atoms with E-state index in [1.165, 1.54) is 36.4 Å². The number of anilines is 2. The highest BCUT2D eigenvalue weighted by Gasteiger charge is 2.12. The monoisotopic (exact) mass is 394 g/mol. The van der Waals surface area contributed by atoms with Gasteiger partial charge in [0, 0.05) is 11.4 Å². The number of carbonyl (C=O) groups is 3. The molecule has 0 fully saturated rings. The zero-order chi connectivity index (χ0) is 21.4. The maximum absolute atomic E-state index is 11.8. The molecule has 0 amide bonds. The molecule has 0 bridgehead atoms. The standard InChI is InChI=1S/C14H11NO4.C7H7NO2/c15-12-4-2-1-3-11(12)14(18)19-10-7-5-9(6-8-10)13(16)17;8-6-3-1-5(2-4-6)7(9)10/h1-8H,15H2,(H,16,17);1-4H,8H2,(H,9,10). The lowest BCUT2D eigenvalue weighted by Crippen LogP contribution is -2.11. The molecule has 8 heteroatoms. The van der Waals surface area contributed by atoms with Crippen LogP contribution in [0.3, 0.4) is 0 Å². The van der Waals surface area contributed by atoms with Crippen LogP contribution in [0, 0.1) is 0 Å². The summed E-state index contributed by atoms with van der Waals surface area (Å²) in [6, 6.07) is 18.2. The van der Waals surface area contributed by atoms with Crippen molar-refractivity contribution in [3.8, 4) is 5.75 Å². The Kier molecular flexibility index (Phi) is 6.92. The van der Waals surface area contributed by atoms with Crippen molar-refractivity contribution in [2.75, 3.05) is 11.5 Å². The van der Waals surface area contributed by atoms with Crippen LogP contribution in [0.25, 0.3) is 0 Å². The second kappa shape index (κ2) is 9.56. The van der Waals surface area contributed by atoms with E-state index in [9.17, 15) is 14.4 Å². The van der Waals surface area contributed by atoms with Gasteiger partial charge in [-0.1, -0.05) is 12.1 Å². The zero-order valence-corrected chi connectivity index (χ0v) is 15.1. The first-order valence-electron chi connectivity index (χ1n) is 8.27. The number of nitrogen functional groups attached to an aromatic ring is 2. The maximum Gasteiger partial charge on any atom is 0.345 e. The fourth-order valence-electron chi connectivity index (χ4n) is 2.14. The summed E-state index contributed by atoms with van der Waals surface area (Å²) in [5.74, 6) is -2.29. The van der Waals surface area contributed by atoms with Crippen molar-refractivity contribution in [3.63, 3.8) is 0 Å². The van der Waals surface area contributed by atoms with Crippen LogP contribution in [-0.4, -0.2) is 28.1 Å². The molecule has 0 saturated heterocycles. The molecule has 29 heavy (non-hydrogen) atoms. The van der Waals surface area contributed by atoms with Crippen LogP contribution in [-0.2, 0) is 0 Å². The van der Waals surface area contributed by atoms with Gasteiger partial charge in [0.2, 0.25) is 0 Å². The van der Waals surface area contributed by atoms with Crippen LogP contribution in [0.2, 0.25) is 0 Å². The average molecular weight is 394 g/mol. The molecule has 0 radical (unpaired) electrons. The number of carboxylic acids is 2. The van der Waals surface area contributed by atoms with Crippen LogP contribution >= 0.6 is 0 Å². The maximum atomic E-state index is 11.8. The largest absolute Gasteiger partial charge is 0.478 e. The van der Waals surface area contributed by atoms with Crippen molar-refractivity contribution in [3.05, 3.63) is 89.5 Å². The quantitative estimate of drug-likeness (QED) is 0.299. The number of carbonyl (C=O) groups excluding carboxylic acids is 1. The lowest BCUT2D eigenvalue weighted by Gasteiger charge is -2.06. The molecule has 6 N–H and O–H groups in total. The fraction of sp³-hybridized carbons (Fsp3) is 0. The van der Waals surface area contributed by atoms with Gasteiger partial charge in [0.1, 0.15) is 5.75 Å². The zero-order valence-electron chi connectivity index (χ0n) is 15.1. The number of hydrogen-bond donors (Lipinski definition) is 4. The molecule has 0 unspecified atom stereocenters. The number of nitrogens with two attached hydrogens (primary N) is 2. The third-order valence-electron chi connectivity index (χ3n) is 3.65. The number of ether oxygens (including phenoxy) is 1. The summed E-state index contributed by atoms with van der Waals surface area (Å²) in [5.41, 5.74) is 12.5. The summed E-state index contributed by atoms with van der Waals surface area (Å²) >= 11 is 0. The van der Waals surface area contributed by atoms with E-state index in [0.717, 1.165) is 0 Å². The van der Waals surface area contributed by atoms with Crippen molar-refractivity contribution in [1.29, 1.82) is 0 Å². The molecule has 3 rings (SSSR count). The van der Waals surface area contributed by atoms with Gasteiger partial charge in [0.05, 0.1) is 16.7 Å². The summed E-state index contributed by atoms with van der Waals surface area (Å²) in [5, 5.41) is 17.2. The summed E-state index contributed by atoms with van der Waals surface area (Å²) < 4.78 is 5.10. The summed E-state index contributed by atoms with van der Waals surface area (Å²) in [6.45, 7) is 0. The van der Waals surface area contributed by atoms with Crippen LogP contribution in [0.5, 0.6) is 5.75 Å². The lowest BCUT2D eigenvalue weighted by atomic mass is 10.2. The first kappa shape index (κ1) is 21.0. The predicted molar refractivity (Wildman–Crippen MR) is 107 cm³/mol. The molecule has 0 aliphatic carbocycles. The van der Waals surface area contributed by atoms with E-state index in [-0.39, 0.29) is 22.4 Å². The highest BCUT2D eigenvalue weighted by molar-refractivity contribution is 5.96. The molecule has 148 valence electrons. The number of rotatable bonds is 4. The summed E-state index contributed by atoms with van der Waals surface area (Å²) in [6.07, 6.45) is 0. The minimum Gasteiger partial charge on any atom is -0.478 e. The van der Waals surface area contributed by atoms with Gasteiger partial charge >= 0.3 is 17.9 Å². The third kappa shape index (κ3) is 6.10. The van der Waals surface area contributed by atoms with Crippen molar-refractivity contribution in [2.45, 2.75) is 0 Å². The topological polar surface area (TPSA) is 153 Å². The number of carboxylic acid groups (broad SMARTS) is 2. The molecular weight excluding hydrogens is 376 g/mol. The van der Waals surface area contributed by atoms with E-state index in [0.29, 0.717) is 11.4 Å². The van der Waals surface area contributed by atoms with Crippen molar-refractivity contribution in [1.82, 2.24) is 0 Å². The lowest BCUT2D eigenvalue weighted by molar-refractivity contribution is 0.0685. The second-order valence-electron chi connectivity index (χ2n) is 5.73. The number of esters is 1. The van der Waals surface area contributed by atoms with Crippen LogP contribution in [0.1, 0.15) is 31.1 Å². The Morgan fingerprint density at radius 1 is 0.690 bits per heavy atom. The van der Waals surface area contributed by atoms with E-state index < -0.39 is 17.9 Å². The molecule has 3 aromatic carbocycles. The molecule has 0 aliphatic rings. The Labute approximate surface area is 166 Å². The van der Waals surface area contributed by atoms with Gasteiger partial charge in [-0.3, -0.25) is 0 Å². The van der Waals surface area contributed by atoms with Gasteiger partial charge in [-0.05, 0) is 60.7 Å². The summed E-state index contributed by atoms with van der Waals surface area (Å²) in [7, 11) is 0. The predicted octanol–water partition coefficient (Wildman–Crippen LogP) is 3.15. The molecule has 8 nitrogen and oxygen atoms in total. The van der Waals surface area contributed by atoms with Gasteiger partial charge in [-0.25, -0.2) is 14.4 Å². The molecule has 0 saturated carbocycles. The van der Waals surface area contributed by atoms with Crippen molar-refractivity contribution in [2.24, 2.45) is 0 Å². The van der Waals surface area contributed by atoms with Crippen LogP contribution < -0.4 is 16.2 Å². The highest BCUT2D eigenvalue weighted by atomic mass is 16.5. The molecule has 0 atom stereocenters. The second-order valence-corrected chi connectivity index (χ2v) is 5.73. The molecule has 0 spiro atoms. The Balaban J connectivity index is 0.000000253. The third-order valence-corrected chi connectivity index (χ3v) is 3.65. The fourth-order valence-corrected chi connectivity index (χ4v) is 2.14. The average Bonchev–Trinajstić information content (AvgIpc) is 2.69. The van der Waals surface area contributed by atoms with Crippen LogP contribution in [0.15, 0.2) is 72.8 Å². The van der Waals surface area contributed by atoms with E-state index in [4.69, 9.17) is 26.4 Å². The SMILES string of the molecule is Nc1ccc(C(=O)O)cc1.Nc1ccccc1C(=O)Oc1ccc(C(=O)O)cc1. The summed E-state index contributed by atoms with van der Waals surface area (Å²) in [4.78, 5) is 32.8. The van der Waals surface area contributed by atoms with Gasteiger partial charge < -0.3 is 26.4 Å². The Bertz CT molecular complexity index is 1010. The minimum atomic E-state index is -1.04.